The molecule has 5 heteroatoms. The van der Waals surface area contributed by atoms with Gasteiger partial charge < -0.3 is 14.5 Å². The molecule has 0 atom stereocenters. The van der Waals surface area contributed by atoms with Crippen molar-refractivity contribution >= 4 is 17.2 Å². The van der Waals surface area contributed by atoms with Gasteiger partial charge in [-0.3, -0.25) is 0 Å². The van der Waals surface area contributed by atoms with Crippen molar-refractivity contribution in [1.29, 1.82) is 0 Å². The van der Waals surface area contributed by atoms with Crippen molar-refractivity contribution in [3.63, 3.8) is 0 Å². The van der Waals surface area contributed by atoms with Gasteiger partial charge in [0.15, 0.2) is 0 Å². The van der Waals surface area contributed by atoms with Crippen molar-refractivity contribution in [2.24, 2.45) is 0 Å². The van der Waals surface area contributed by atoms with Gasteiger partial charge >= 0.3 is 0 Å². The number of thiocarbonyl (C=S) groups is 1. The Morgan fingerprint density at radius 2 is 1.53 bits per heavy atom. The van der Waals surface area contributed by atoms with Crippen LogP contribution in [0.4, 0.5) is 4.39 Å². The molecule has 3 aromatic carbocycles. The average molecular weight is 422 g/mol. The Balaban J connectivity index is 1.27. The molecule has 0 bridgehead atoms. The first-order valence-corrected chi connectivity index (χ1v) is 10.7. The van der Waals surface area contributed by atoms with E-state index in [0.717, 1.165) is 54.6 Å². The van der Waals surface area contributed by atoms with E-state index in [0.29, 0.717) is 6.61 Å². The van der Waals surface area contributed by atoms with E-state index in [2.05, 4.69) is 35.2 Å². The summed E-state index contributed by atoms with van der Waals surface area (Å²) >= 11 is 5.75. The van der Waals surface area contributed by atoms with Crippen molar-refractivity contribution in [1.82, 2.24) is 4.90 Å². The second-order valence-electron chi connectivity index (χ2n) is 7.64. The molecule has 4 rings (SSSR count). The van der Waals surface area contributed by atoms with Crippen LogP contribution < -0.4 is 9.64 Å². The number of nitrogens with zero attached hydrogens (tertiary/aromatic N) is 1. The van der Waals surface area contributed by atoms with Gasteiger partial charge in [-0.05, 0) is 42.0 Å². The molecule has 1 heterocycles. The molecule has 0 aliphatic carbocycles. The lowest BCUT2D eigenvalue weighted by atomic mass is 10.1. The summed E-state index contributed by atoms with van der Waals surface area (Å²) in [4.78, 5) is 4.81. The maximum atomic E-state index is 13.0. The van der Waals surface area contributed by atoms with Crippen molar-refractivity contribution < 1.29 is 14.0 Å². The van der Waals surface area contributed by atoms with Crippen LogP contribution in [-0.4, -0.2) is 36.1 Å². The molecule has 1 saturated heterocycles. The van der Waals surface area contributed by atoms with Gasteiger partial charge in [-0.1, -0.05) is 54.7 Å². The Bertz CT molecular complexity index is 953. The number of quaternary nitrogens is 1. The van der Waals surface area contributed by atoms with E-state index in [1.165, 1.54) is 17.7 Å². The van der Waals surface area contributed by atoms with Gasteiger partial charge in [-0.15, -0.1) is 0 Å². The van der Waals surface area contributed by atoms with Gasteiger partial charge in [0.05, 0.1) is 26.2 Å². The number of nitrogens with one attached hydrogen (secondary N) is 1. The summed E-state index contributed by atoms with van der Waals surface area (Å²) in [5.74, 6) is 0.544. The Labute approximate surface area is 182 Å². The standard InChI is InChI=1S/C25H25FN2OS/c26-23-10-6-21(7-11-23)19-29-24-12-8-22(9-13-24)25(30)28-16-14-27(15-17-28)18-20-4-2-1-3-5-20/h1-13H,14-19H2/p+1. The SMILES string of the molecule is Fc1ccc(COc2ccc(C(=S)N3CC[NH+](Cc4ccccc4)CC3)cc2)cc1. The fourth-order valence-electron chi connectivity index (χ4n) is 3.71. The topological polar surface area (TPSA) is 16.9 Å². The van der Waals surface area contributed by atoms with Crippen molar-refractivity contribution in [2.45, 2.75) is 13.2 Å². The molecular weight excluding hydrogens is 395 g/mol. The molecule has 0 aromatic heterocycles. The quantitative estimate of drug-likeness (QED) is 0.614. The monoisotopic (exact) mass is 421 g/mol. The lowest BCUT2D eigenvalue weighted by molar-refractivity contribution is -0.917. The molecule has 1 fully saturated rings. The van der Waals surface area contributed by atoms with Gasteiger partial charge in [0.2, 0.25) is 0 Å². The normalized spacial score (nSPS) is 14.5. The number of ether oxygens (including phenoxy) is 1. The van der Waals surface area contributed by atoms with Crippen LogP contribution in [0.25, 0.3) is 0 Å². The van der Waals surface area contributed by atoms with Crippen LogP contribution >= 0.6 is 12.2 Å². The van der Waals surface area contributed by atoms with Crippen molar-refractivity contribution in [3.05, 3.63) is 101 Å². The minimum atomic E-state index is -0.237. The first-order chi connectivity index (χ1) is 14.7. The summed E-state index contributed by atoms with van der Waals surface area (Å²) < 4.78 is 18.8. The molecule has 1 N–H and O–H groups in total. The third-order valence-electron chi connectivity index (χ3n) is 5.47. The van der Waals surface area contributed by atoms with E-state index in [1.807, 2.05) is 24.3 Å². The number of hydrogen-bond donors (Lipinski definition) is 1. The molecule has 3 aromatic rings. The highest BCUT2D eigenvalue weighted by molar-refractivity contribution is 7.80. The van der Waals surface area contributed by atoms with Crippen LogP contribution in [-0.2, 0) is 13.2 Å². The zero-order valence-corrected chi connectivity index (χ0v) is 17.7. The van der Waals surface area contributed by atoms with E-state index in [-0.39, 0.29) is 5.82 Å². The van der Waals surface area contributed by atoms with Crippen LogP contribution in [0.2, 0.25) is 0 Å². The third kappa shape index (κ3) is 5.43. The van der Waals surface area contributed by atoms with Gasteiger partial charge in [0.1, 0.15) is 29.7 Å². The number of piperazine rings is 1. The summed E-state index contributed by atoms with van der Waals surface area (Å²) in [5.41, 5.74) is 3.37. The molecular formula is C25H26FN2OS+. The minimum Gasteiger partial charge on any atom is -0.489 e. The predicted octanol–water partition coefficient (Wildman–Crippen LogP) is 3.48. The van der Waals surface area contributed by atoms with E-state index < -0.39 is 0 Å². The minimum absolute atomic E-state index is 0.237. The Hall–Kier alpha value is -2.76. The maximum Gasteiger partial charge on any atom is 0.123 e. The lowest BCUT2D eigenvalue weighted by Gasteiger charge is -2.34. The van der Waals surface area contributed by atoms with Gasteiger partial charge in [-0.25, -0.2) is 4.39 Å². The summed E-state index contributed by atoms with van der Waals surface area (Å²) in [5, 5.41) is 0. The lowest BCUT2D eigenvalue weighted by Crippen LogP contribution is -3.13. The molecule has 154 valence electrons. The molecule has 0 amide bonds. The highest BCUT2D eigenvalue weighted by Gasteiger charge is 2.22. The molecule has 0 radical (unpaired) electrons. The number of benzene rings is 3. The molecule has 30 heavy (non-hydrogen) atoms. The number of halogens is 1. The third-order valence-corrected chi connectivity index (χ3v) is 5.97. The first kappa shape index (κ1) is 20.5. The molecule has 0 unspecified atom stereocenters. The van der Waals surface area contributed by atoms with Crippen LogP contribution in [0, 0.1) is 5.82 Å². The van der Waals surface area contributed by atoms with Crippen LogP contribution in [0.3, 0.4) is 0 Å². The Morgan fingerprint density at radius 3 is 2.20 bits per heavy atom. The van der Waals surface area contributed by atoms with Gasteiger partial charge in [-0.2, -0.15) is 0 Å². The van der Waals surface area contributed by atoms with Crippen molar-refractivity contribution in [3.8, 4) is 5.75 Å². The van der Waals surface area contributed by atoms with Crippen LogP contribution in [0.15, 0.2) is 78.9 Å². The second kappa shape index (κ2) is 9.83. The van der Waals surface area contributed by atoms with E-state index in [1.54, 1.807) is 17.0 Å². The predicted molar refractivity (Wildman–Crippen MR) is 121 cm³/mol. The van der Waals surface area contributed by atoms with E-state index >= 15 is 0 Å². The number of rotatable bonds is 6. The highest BCUT2D eigenvalue weighted by atomic mass is 32.1. The van der Waals surface area contributed by atoms with Crippen molar-refractivity contribution in [2.75, 3.05) is 26.2 Å². The van der Waals surface area contributed by atoms with E-state index in [4.69, 9.17) is 17.0 Å². The Morgan fingerprint density at radius 1 is 0.867 bits per heavy atom. The summed E-state index contributed by atoms with van der Waals surface area (Å²) in [6, 6.07) is 25.0. The van der Waals surface area contributed by atoms with Crippen LogP contribution in [0.1, 0.15) is 16.7 Å². The fourth-order valence-corrected chi connectivity index (χ4v) is 4.03. The summed E-state index contributed by atoms with van der Waals surface area (Å²) in [6.45, 7) is 5.62. The van der Waals surface area contributed by atoms with E-state index in [9.17, 15) is 4.39 Å². The Kier molecular flexibility index (Phi) is 6.72. The fraction of sp³-hybridized carbons (Fsp3) is 0.240. The second-order valence-corrected chi connectivity index (χ2v) is 8.03. The smallest absolute Gasteiger partial charge is 0.123 e. The molecule has 1 aliphatic rings. The summed E-state index contributed by atoms with van der Waals surface area (Å²) in [6.07, 6.45) is 0. The highest BCUT2D eigenvalue weighted by Crippen LogP contribution is 2.16. The van der Waals surface area contributed by atoms with Gasteiger partial charge in [0.25, 0.3) is 0 Å². The molecule has 0 spiro atoms. The summed E-state index contributed by atoms with van der Waals surface area (Å²) in [7, 11) is 0. The molecule has 3 nitrogen and oxygen atoms in total. The van der Waals surface area contributed by atoms with Gasteiger partial charge in [0, 0.05) is 11.1 Å². The van der Waals surface area contributed by atoms with Crippen LogP contribution in [0.5, 0.6) is 5.75 Å². The zero-order chi connectivity index (χ0) is 20.8. The average Bonchev–Trinajstić information content (AvgIpc) is 2.80. The molecule has 0 saturated carbocycles. The largest absolute Gasteiger partial charge is 0.489 e. The maximum absolute atomic E-state index is 13.0. The first-order valence-electron chi connectivity index (χ1n) is 10.3. The zero-order valence-electron chi connectivity index (χ0n) is 16.9. The molecule has 1 aliphatic heterocycles. The number of hydrogen-bond acceptors (Lipinski definition) is 2.